The molecule has 1 aromatic carbocycles. The molecule has 0 saturated heterocycles. The lowest BCUT2D eigenvalue weighted by Crippen LogP contribution is -2.57. The van der Waals surface area contributed by atoms with Gasteiger partial charge in [0.15, 0.2) is 0 Å². The second kappa shape index (κ2) is 20.9. The number of hydrogen-bond donors (Lipinski definition) is 6. The van der Waals surface area contributed by atoms with Crippen LogP contribution in [0.5, 0.6) is 0 Å². The van der Waals surface area contributed by atoms with Gasteiger partial charge in [-0.05, 0) is 43.6 Å². The summed E-state index contributed by atoms with van der Waals surface area (Å²) in [5.41, 5.74) is 0.685. The van der Waals surface area contributed by atoms with Crippen LogP contribution in [-0.2, 0) is 30.5 Å². The molecule has 0 spiro atoms. The fourth-order valence-corrected chi connectivity index (χ4v) is 4.72. The molecule has 0 heterocycles. The zero-order valence-electron chi connectivity index (χ0n) is 27.9. The lowest BCUT2D eigenvalue weighted by molar-refractivity contribution is -0.384. The Hall–Kier alpha value is -4.07. The van der Waals surface area contributed by atoms with Gasteiger partial charge in [-0.25, -0.2) is 0 Å². The van der Waals surface area contributed by atoms with Crippen molar-refractivity contribution in [2.45, 2.75) is 117 Å². The van der Waals surface area contributed by atoms with Crippen molar-refractivity contribution < 1.29 is 34.0 Å². The van der Waals surface area contributed by atoms with Crippen molar-refractivity contribution in [3.63, 3.8) is 0 Å². The topological polar surface area (TPSA) is 209 Å². The molecule has 14 nitrogen and oxygen atoms in total. The zero-order valence-corrected chi connectivity index (χ0v) is 27.9. The summed E-state index contributed by atoms with van der Waals surface area (Å²) in [5.74, 6) is -2.54. The Balaban J connectivity index is 2.82. The number of carbonyl (C=O) groups is 5. The molecule has 0 fully saturated rings. The molecule has 0 radical (unpaired) electrons. The fourth-order valence-electron chi connectivity index (χ4n) is 4.72. The molecule has 0 unspecified atom stereocenters. The molecular formula is C32H52N6O8. The number of nitrogens with one attached hydrogen (secondary N) is 5. The fraction of sp³-hybridized carbons (Fsp3) is 0.656. The number of nitro groups is 1. The lowest BCUT2D eigenvalue weighted by Gasteiger charge is -2.28. The van der Waals surface area contributed by atoms with Crippen LogP contribution in [0.1, 0.15) is 92.1 Å². The van der Waals surface area contributed by atoms with Crippen LogP contribution in [-0.4, -0.2) is 70.3 Å². The average Bonchev–Trinajstić information content (AvgIpc) is 3.00. The predicted octanol–water partition coefficient (Wildman–Crippen LogP) is 2.79. The van der Waals surface area contributed by atoms with Crippen molar-refractivity contribution >= 4 is 35.3 Å². The van der Waals surface area contributed by atoms with Crippen LogP contribution in [0.3, 0.4) is 0 Å². The van der Waals surface area contributed by atoms with Gasteiger partial charge in [-0.3, -0.25) is 34.1 Å². The van der Waals surface area contributed by atoms with Gasteiger partial charge in [0.2, 0.25) is 23.6 Å². The molecule has 0 bridgehead atoms. The van der Waals surface area contributed by atoms with E-state index in [1.807, 2.05) is 34.6 Å². The zero-order chi connectivity index (χ0) is 34.8. The Morgan fingerprint density at radius 3 is 2.09 bits per heavy atom. The highest BCUT2D eigenvalue weighted by molar-refractivity contribution is 5.92. The van der Waals surface area contributed by atoms with E-state index >= 15 is 0 Å². The molecule has 6 N–H and O–H groups in total. The summed E-state index contributed by atoms with van der Waals surface area (Å²) in [6.07, 6.45) is 2.19. The normalized spacial score (nSPS) is 14.3. The monoisotopic (exact) mass is 648 g/mol. The number of amides is 4. The average molecular weight is 649 g/mol. The maximum atomic E-state index is 13.4. The Bertz CT molecular complexity index is 1160. The Morgan fingerprint density at radius 2 is 1.54 bits per heavy atom. The Labute approximate surface area is 271 Å². The molecule has 0 aliphatic carbocycles. The molecule has 258 valence electrons. The van der Waals surface area contributed by atoms with E-state index in [1.54, 1.807) is 19.1 Å². The number of non-ortho nitro benzene ring substituents is 1. The minimum atomic E-state index is -0.999. The molecule has 0 aliphatic heterocycles. The first kappa shape index (κ1) is 40.0. The van der Waals surface area contributed by atoms with Crippen molar-refractivity contribution in [2.75, 3.05) is 6.54 Å². The van der Waals surface area contributed by atoms with Gasteiger partial charge in [0.1, 0.15) is 12.1 Å². The number of carbonyl (C=O) groups excluding carboxylic acids is 4. The van der Waals surface area contributed by atoms with Crippen LogP contribution in [0, 0.1) is 22.0 Å². The molecule has 0 aromatic heterocycles. The van der Waals surface area contributed by atoms with Crippen LogP contribution in [0.15, 0.2) is 24.3 Å². The van der Waals surface area contributed by atoms with E-state index < -0.39 is 40.8 Å². The third-order valence-corrected chi connectivity index (χ3v) is 7.60. The van der Waals surface area contributed by atoms with E-state index in [4.69, 9.17) is 5.11 Å². The molecule has 0 saturated carbocycles. The maximum Gasteiger partial charge on any atom is 0.303 e. The molecule has 5 atom stereocenters. The summed E-state index contributed by atoms with van der Waals surface area (Å²) in [6, 6.07) is 3.26. The van der Waals surface area contributed by atoms with Crippen LogP contribution in [0.25, 0.3) is 0 Å². The molecular weight excluding hydrogens is 596 g/mol. The summed E-state index contributed by atoms with van der Waals surface area (Å²) < 4.78 is 0. The standard InChI is InChI=1S/C32H52N6O8/c1-7-10-26(36-32(44)29(21(5)8-2)37-27(39)11-9-12-28(40)41)31(43)35-24(17-20(3)4)19-33-22(6)30(42)34-18-23-13-15-25(16-14-23)38(45)46/h13-16,20-22,24,26,29,33H,7-12,17-19H2,1-6H3,(H,34,42)(H,35,43)(H,36,44)(H,37,39)(H,40,41)/t21-,22+,24+,26+,29+/m1/s1. The van der Waals surface area contributed by atoms with Gasteiger partial charge in [-0.2, -0.15) is 0 Å². The van der Waals surface area contributed by atoms with E-state index in [0.717, 1.165) is 0 Å². The highest BCUT2D eigenvalue weighted by Crippen LogP contribution is 2.13. The Kier molecular flexibility index (Phi) is 18.1. The smallest absolute Gasteiger partial charge is 0.303 e. The highest BCUT2D eigenvalue weighted by atomic mass is 16.6. The number of aliphatic carboxylic acids is 1. The number of benzene rings is 1. The highest BCUT2D eigenvalue weighted by Gasteiger charge is 2.30. The number of carboxylic acid groups (broad SMARTS) is 1. The number of nitro benzene ring substituents is 1. The Morgan fingerprint density at radius 1 is 0.891 bits per heavy atom. The van der Waals surface area contributed by atoms with E-state index in [2.05, 4.69) is 26.6 Å². The molecule has 1 aromatic rings. The third kappa shape index (κ3) is 15.3. The van der Waals surface area contributed by atoms with Gasteiger partial charge in [-0.15, -0.1) is 0 Å². The molecule has 4 amide bonds. The van der Waals surface area contributed by atoms with Crippen LogP contribution in [0.4, 0.5) is 5.69 Å². The van der Waals surface area contributed by atoms with Gasteiger partial charge in [0.25, 0.3) is 5.69 Å². The van der Waals surface area contributed by atoms with Crippen molar-refractivity contribution in [3.05, 3.63) is 39.9 Å². The number of nitrogens with zero attached hydrogens (tertiary/aromatic N) is 1. The number of carboxylic acids is 1. The first-order valence-electron chi connectivity index (χ1n) is 16.0. The van der Waals surface area contributed by atoms with Crippen LogP contribution >= 0.6 is 0 Å². The van der Waals surface area contributed by atoms with Gasteiger partial charge in [0, 0.05) is 44.1 Å². The van der Waals surface area contributed by atoms with Gasteiger partial charge in [-0.1, -0.05) is 59.6 Å². The first-order chi connectivity index (χ1) is 21.7. The number of hydrogen-bond acceptors (Lipinski definition) is 8. The lowest BCUT2D eigenvalue weighted by atomic mass is 9.97. The predicted molar refractivity (Wildman–Crippen MR) is 174 cm³/mol. The van der Waals surface area contributed by atoms with Crippen molar-refractivity contribution in [1.29, 1.82) is 0 Å². The van der Waals surface area contributed by atoms with Crippen molar-refractivity contribution in [1.82, 2.24) is 26.6 Å². The third-order valence-electron chi connectivity index (χ3n) is 7.60. The summed E-state index contributed by atoms with van der Waals surface area (Å²) in [5, 5.41) is 34.2. The van der Waals surface area contributed by atoms with Gasteiger partial charge < -0.3 is 31.7 Å². The molecule has 46 heavy (non-hydrogen) atoms. The van der Waals surface area contributed by atoms with Crippen molar-refractivity contribution in [2.24, 2.45) is 11.8 Å². The van der Waals surface area contributed by atoms with Crippen LogP contribution < -0.4 is 26.6 Å². The summed E-state index contributed by atoms with van der Waals surface area (Å²) >= 11 is 0. The molecule has 0 aliphatic rings. The van der Waals surface area contributed by atoms with E-state index in [0.29, 0.717) is 37.8 Å². The summed E-state index contributed by atoms with van der Waals surface area (Å²) in [7, 11) is 0. The summed E-state index contributed by atoms with van der Waals surface area (Å²) in [6.45, 7) is 11.8. The molecule has 1 rings (SSSR count). The van der Waals surface area contributed by atoms with Gasteiger partial charge in [0.05, 0.1) is 11.0 Å². The minimum absolute atomic E-state index is 0.0250. The quantitative estimate of drug-likeness (QED) is 0.0805. The summed E-state index contributed by atoms with van der Waals surface area (Å²) in [4.78, 5) is 73.1. The van der Waals surface area contributed by atoms with E-state index in [9.17, 15) is 34.1 Å². The molecule has 14 heteroatoms. The SMILES string of the molecule is CCC[C@H](NC(=O)[C@@H](NC(=O)CCCC(=O)O)[C@H](C)CC)C(=O)N[C@H](CN[C@@H](C)C(=O)NCc1ccc([N+](=O)[O-])cc1)CC(C)C. The van der Waals surface area contributed by atoms with E-state index in [1.165, 1.54) is 12.1 Å². The second-order valence-corrected chi connectivity index (χ2v) is 12.1. The van der Waals surface area contributed by atoms with Gasteiger partial charge >= 0.3 is 5.97 Å². The number of rotatable bonds is 22. The van der Waals surface area contributed by atoms with E-state index in [-0.39, 0.29) is 61.2 Å². The first-order valence-corrected chi connectivity index (χ1v) is 16.0. The largest absolute Gasteiger partial charge is 0.481 e. The van der Waals surface area contributed by atoms with Crippen LogP contribution in [0.2, 0.25) is 0 Å². The maximum absolute atomic E-state index is 13.4. The second-order valence-electron chi connectivity index (χ2n) is 12.1. The minimum Gasteiger partial charge on any atom is -0.481 e. The van der Waals surface area contributed by atoms with Crippen molar-refractivity contribution in [3.8, 4) is 0 Å².